The summed E-state index contributed by atoms with van der Waals surface area (Å²) in [7, 11) is 0. The predicted molar refractivity (Wildman–Crippen MR) is 262 cm³/mol. The fourth-order valence-electron chi connectivity index (χ4n) is 8.86. The van der Waals surface area contributed by atoms with Crippen molar-refractivity contribution < 1.29 is 0 Å². The molecule has 10 heteroatoms. The van der Waals surface area contributed by atoms with E-state index in [-0.39, 0.29) is 0 Å². The normalized spacial score (nSPS) is 11.6. The van der Waals surface area contributed by atoms with Crippen LogP contribution in [0.25, 0.3) is 124 Å². The second-order valence-electron chi connectivity index (χ2n) is 16.1. The molecule has 0 fully saturated rings. The van der Waals surface area contributed by atoms with Gasteiger partial charge in [-0.2, -0.15) is 0 Å². The quantitative estimate of drug-likeness (QED) is 0.156. The van der Waals surface area contributed by atoms with E-state index in [0.29, 0.717) is 40.9 Å². The standard InChI is InChI=1S/C56H34N10/c1-5-17-35(18-6-1)49-59-50(36-19-7-2-8-20-36)62-53(61-49)39-29-31-41-42-32-30-40(54-63-51(37-21-9-3-10-22-37)60-52(64-54)38-23-11-4-12-24-38)34-48(42)65(47(41)33-39)56-58-44-26-14-13-25-43(44)55-57-45-27-15-16-28-46(45)66(55)56/h1-34H. The molecule has 0 N–H and O–H groups in total. The molecule has 0 spiro atoms. The Morgan fingerprint density at radius 1 is 0.258 bits per heavy atom. The highest BCUT2D eigenvalue weighted by Gasteiger charge is 2.23. The summed E-state index contributed by atoms with van der Waals surface area (Å²) in [6.07, 6.45) is 0. The molecule has 5 aromatic heterocycles. The Morgan fingerprint density at radius 2 is 0.636 bits per heavy atom. The highest BCUT2D eigenvalue weighted by molar-refractivity contribution is 6.11. The monoisotopic (exact) mass is 846 g/mol. The third-order valence-corrected chi connectivity index (χ3v) is 12.0. The smallest absolute Gasteiger partial charge is 0.221 e. The number of hydrogen-bond donors (Lipinski definition) is 0. The number of rotatable bonds is 7. The number of fused-ring (bicyclic) bond motifs is 8. The average molecular weight is 847 g/mol. The highest BCUT2D eigenvalue weighted by Crippen LogP contribution is 2.38. The van der Waals surface area contributed by atoms with Crippen molar-refractivity contribution in [3.05, 3.63) is 206 Å². The van der Waals surface area contributed by atoms with Crippen molar-refractivity contribution in [2.45, 2.75) is 0 Å². The Hall–Kier alpha value is -9.28. The molecule has 0 aliphatic heterocycles. The van der Waals surface area contributed by atoms with Crippen molar-refractivity contribution in [1.82, 2.24) is 48.8 Å². The van der Waals surface area contributed by atoms with Crippen LogP contribution in [0.4, 0.5) is 0 Å². The molecule has 0 aliphatic carbocycles. The van der Waals surface area contributed by atoms with Gasteiger partial charge in [-0.25, -0.2) is 39.9 Å². The number of aromatic nitrogens is 10. The van der Waals surface area contributed by atoms with Gasteiger partial charge in [0, 0.05) is 49.5 Å². The lowest BCUT2D eigenvalue weighted by atomic mass is 10.1. The van der Waals surface area contributed by atoms with Crippen LogP contribution >= 0.6 is 0 Å². The first-order valence-corrected chi connectivity index (χ1v) is 21.7. The zero-order valence-electron chi connectivity index (χ0n) is 35.1. The summed E-state index contributed by atoms with van der Waals surface area (Å²) < 4.78 is 4.41. The van der Waals surface area contributed by atoms with Crippen LogP contribution in [-0.2, 0) is 0 Å². The predicted octanol–water partition coefficient (Wildman–Crippen LogP) is 12.5. The molecule has 0 saturated carbocycles. The minimum atomic E-state index is 0.555. The van der Waals surface area contributed by atoms with Crippen molar-refractivity contribution in [3.8, 4) is 74.3 Å². The van der Waals surface area contributed by atoms with E-state index in [1.54, 1.807) is 0 Å². The lowest BCUT2D eigenvalue weighted by Gasteiger charge is -2.13. The van der Waals surface area contributed by atoms with E-state index >= 15 is 0 Å². The van der Waals surface area contributed by atoms with E-state index in [9.17, 15) is 0 Å². The van der Waals surface area contributed by atoms with Crippen molar-refractivity contribution in [1.29, 1.82) is 0 Å². The zero-order chi connectivity index (χ0) is 43.6. The molecule has 0 saturated heterocycles. The SMILES string of the molecule is c1ccc(-c2nc(-c3ccccc3)nc(-c3ccc4c5ccc(-c6nc(-c7ccccc7)nc(-c7ccccc7)n6)cc5n(-c5nc6ccccc6c6nc7ccccc7n56)c4c3)n2)cc1. The van der Waals surface area contributed by atoms with E-state index in [1.807, 2.05) is 158 Å². The van der Waals surface area contributed by atoms with Crippen LogP contribution < -0.4 is 0 Å². The van der Waals surface area contributed by atoms with Gasteiger partial charge in [0.15, 0.2) is 34.9 Å². The Kier molecular flexibility index (Phi) is 8.60. The maximum atomic E-state index is 5.49. The van der Waals surface area contributed by atoms with Gasteiger partial charge in [-0.05, 0) is 36.4 Å². The maximum absolute atomic E-state index is 5.49. The molecule has 0 amide bonds. The van der Waals surface area contributed by atoms with Gasteiger partial charge in [-0.1, -0.05) is 170 Å². The Morgan fingerprint density at radius 3 is 1.09 bits per heavy atom. The summed E-state index contributed by atoms with van der Waals surface area (Å²) >= 11 is 0. The third-order valence-electron chi connectivity index (χ3n) is 12.0. The maximum Gasteiger partial charge on any atom is 0.221 e. The first kappa shape index (κ1) is 37.3. The van der Waals surface area contributed by atoms with Crippen LogP contribution in [0.3, 0.4) is 0 Å². The number of nitrogens with zero attached hydrogens (tertiary/aromatic N) is 10. The lowest BCUT2D eigenvalue weighted by Crippen LogP contribution is -2.07. The first-order chi connectivity index (χ1) is 32.7. The first-order valence-electron chi connectivity index (χ1n) is 21.7. The number of para-hydroxylation sites is 3. The van der Waals surface area contributed by atoms with Crippen LogP contribution in [0, 0.1) is 0 Å². The molecule has 0 bridgehead atoms. The van der Waals surface area contributed by atoms with Crippen LogP contribution in [0.2, 0.25) is 0 Å². The molecular weight excluding hydrogens is 813 g/mol. The zero-order valence-corrected chi connectivity index (χ0v) is 35.1. The third kappa shape index (κ3) is 6.27. The fraction of sp³-hybridized carbons (Fsp3) is 0. The Balaban J connectivity index is 1.11. The van der Waals surface area contributed by atoms with Crippen molar-refractivity contribution >= 4 is 49.4 Å². The van der Waals surface area contributed by atoms with Gasteiger partial charge >= 0.3 is 0 Å². The van der Waals surface area contributed by atoms with E-state index in [1.165, 1.54) is 0 Å². The van der Waals surface area contributed by atoms with Crippen LogP contribution in [0.5, 0.6) is 0 Å². The van der Waals surface area contributed by atoms with E-state index in [2.05, 4.69) is 57.5 Å². The highest BCUT2D eigenvalue weighted by atomic mass is 15.2. The molecule has 8 aromatic carbocycles. The molecular formula is C56H34N10. The number of benzene rings is 8. The van der Waals surface area contributed by atoms with E-state index in [4.69, 9.17) is 39.9 Å². The molecule has 66 heavy (non-hydrogen) atoms. The Labute approximate surface area is 377 Å². The molecule has 0 atom stereocenters. The van der Waals surface area contributed by atoms with Crippen LogP contribution in [0.1, 0.15) is 0 Å². The second-order valence-corrected chi connectivity index (χ2v) is 16.1. The number of imidazole rings is 1. The average Bonchev–Trinajstić information content (AvgIpc) is 3.95. The molecule has 0 unspecified atom stereocenters. The number of hydrogen-bond acceptors (Lipinski definition) is 8. The van der Waals surface area contributed by atoms with Gasteiger partial charge in [0.05, 0.1) is 27.6 Å². The Bertz CT molecular complexity index is 3680. The van der Waals surface area contributed by atoms with Crippen LogP contribution in [0.15, 0.2) is 206 Å². The van der Waals surface area contributed by atoms with Crippen molar-refractivity contribution in [2.75, 3.05) is 0 Å². The fourth-order valence-corrected chi connectivity index (χ4v) is 8.86. The van der Waals surface area contributed by atoms with Gasteiger partial charge in [-0.3, -0.25) is 8.97 Å². The minimum absolute atomic E-state index is 0.555. The molecule has 0 radical (unpaired) electrons. The lowest BCUT2D eigenvalue weighted by molar-refractivity contribution is 0.979. The summed E-state index contributed by atoms with van der Waals surface area (Å²) in [5, 5.41) is 3.01. The van der Waals surface area contributed by atoms with Gasteiger partial charge in [0.25, 0.3) is 0 Å². The van der Waals surface area contributed by atoms with Gasteiger partial charge in [-0.15, -0.1) is 0 Å². The molecule has 13 rings (SSSR count). The minimum Gasteiger partial charge on any atom is -0.279 e. The van der Waals surface area contributed by atoms with Gasteiger partial charge < -0.3 is 0 Å². The summed E-state index contributed by atoms with van der Waals surface area (Å²) in [4.78, 5) is 41.1. The molecule has 5 heterocycles. The summed E-state index contributed by atoms with van der Waals surface area (Å²) in [6, 6.07) is 69.4. The van der Waals surface area contributed by atoms with Gasteiger partial charge in [0.1, 0.15) is 5.65 Å². The summed E-state index contributed by atoms with van der Waals surface area (Å²) in [5.74, 6) is 4.16. The van der Waals surface area contributed by atoms with E-state index < -0.39 is 0 Å². The van der Waals surface area contributed by atoms with E-state index in [0.717, 1.165) is 82.8 Å². The van der Waals surface area contributed by atoms with Gasteiger partial charge in [0.2, 0.25) is 5.95 Å². The molecule has 13 aromatic rings. The van der Waals surface area contributed by atoms with Crippen molar-refractivity contribution in [2.24, 2.45) is 0 Å². The molecule has 0 aliphatic rings. The van der Waals surface area contributed by atoms with Crippen molar-refractivity contribution in [3.63, 3.8) is 0 Å². The largest absolute Gasteiger partial charge is 0.279 e. The molecule has 308 valence electrons. The van der Waals surface area contributed by atoms with Crippen LogP contribution in [-0.4, -0.2) is 48.8 Å². The second kappa shape index (κ2) is 15.2. The summed E-state index contributed by atoms with van der Waals surface area (Å²) in [6.45, 7) is 0. The molecule has 10 nitrogen and oxygen atoms in total. The topological polar surface area (TPSA) is 112 Å². The summed E-state index contributed by atoms with van der Waals surface area (Å²) in [5.41, 5.74) is 10.5.